The Bertz CT molecular complexity index is 1180. The number of hydrogen-bond acceptors (Lipinski definition) is 5. The van der Waals surface area contributed by atoms with E-state index in [-0.39, 0.29) is 42.1 Å². The quantitative estimate of drug-likeness (QED) is 0.669. The number of piperazine rings is 1. The van der Waals surface area contributed by atoms with Crippen molar-refractivity contribution in [3.63, 3.8) is 0 Å². The van der Waals surface area contributed by atoms with Crippen LogP contribution in [0.15, 0.2) is 48.5 Å². The zero-order valence-corrected chi connectivity index (χ0v) is 19.6. The van der Waals surface area contributed by atoms with Crippen molar-refractivity contribution in [3.8, 4) is 6.07 Å². The average molecular weight is 492 g/mol. The molecular formula is C27H27F2N5O2. The summed E-state index contributed by atoms with van der Waals surface area (Å²) in [6.45, 7) is 0.813. The predicted molar refractivity (Wildman–Crippen MR) is 126 cm³/mol. The number of rotatable bonds is 6. The molecule has 6 atom stereocenters. The second kappa shape index (κ2) is 8.64. The van der Waals surface area contributed by atoms with Crippen molar-refractivity contribution >= 4 is 11.8 Å². The SMILES string of the molecule is N#C[C@@H]1CC2C[C@@H]2N1C(=O)[C@@H](N)CN1C[C@H]2C[C@@H]1C(=O)N2C(c1ccc(F)cc1)c1ccc(F)cc1. The first kappa shape index (κ1) is 23.1. The second-order valence-corrected chi connectivity index (χ2v) is 10.4. The van der Waals surface area contributed by atoms with Crippen molar-refractivity contribution in [2.45, 2.75) is 55.5 Å². The lowest BCUT2D eigenvalue weighted by Crippen LogP contribution is -2.57. The van der Waals surface area contributed by atoms with Gasteiger partial charge in [0, 0.05) is 25.2 Å². The Kier molecular flexibility index (Phi) is 5.54. The van der Waals surface area contributed by atoms with Crippen molar-refractivity contribution in [2.75, 3.05) is 13.1 Å². The summed E-state index contributed by atoms with van der Waals surface area (Å²) >= 11 is 0. The number of nitriles is 1. The molecule has 1 unspecified atom stereocenters. The molecule has 0 spiro atoms. The number of carbonyl (C=O) groups is 2. The van der Waals surface area contributed by atoms with Gasteiger partial charge < -0.3 is 15.5 Å². The van der Waals surface area contributed by atoms with Crippen molar-refractivity contribution < 1.29 is 18.4 Å². The lowest BCUT2D eigenvalue weighted by molar-refractivity contribution is -0.140. The van der Waals surface area contributed by atoms with Gasteiger partial charge in [-0.3, -0.25) is 14.5 Å². The van der Waals surface area contributed by atoms with Gasteiger partial charge in [-0.15, -0.1) is 0 Å². The zero-order valence-electron chi connectivity index (χ0n) is 19.6. The van der Waals surface area contributed by atoms with Crippen molar-refractivity contribution in [1.29, 1.82) is 5.26 Å². The van der Waals surface area contributed by atoms with E-state index < -0.39 is 24.2 Å². The molecule has 3 heterocycles. The number of halogens is 2. The normalized spacial score (nSPS) is 29.5. The van der Waals surface area contributed by atoms with Crippen LogP contribution in [0, 0.1) is 28.9 Å². The van der Waals surface area contributed by atoms with Gasteiger partial charge in [0.25, 0.3) is 0 Å². The molecule has 9 heteroatoms. The molecule has 7 nitrogen and oxygen atoms in total. The fourth-order valence-electron chi connectivity index (χ4n) is 6.44. The molecule has 2 N–H and O–H groups in total. The molecule has 186 valence electrons. The summed E-state index contributed by atoms with van der Waals surface area (Å²) in [4.78, 5) is 32.2. The molecule has 6 rings (SSSR count). The first-order chi connectivity index (χ1) is 17.4. The molecule has 0 aromatic heterocycles. The lowest BCUT2D eigenvalue weighted by atomic mass is 9.96. The number of hydrogen-bond donors (Lipinski definition) is 1. The van der Waals surface area contributed by atoms with E-state index in [2.05, 4.69) is 6.07 Å². The number of likely N-dealkylation sites (tertiary alicyclic amines) is 3. The van der Waals surface area contributed by atoms with Gasteiger partial charge in [-0.05, 0) is 60.6 Å². The summed E-state index contributed by atoms with van der Waals surface area (Å²) in [7, 11) is 0. The van der Waals surface area contributed by atoms with Crippen LogP contribution < -0.4 is 5.73 Å². The monoisotopic (exact) mass is 491 g/mol. The van der Waals surface area contributed by atoms with E-state index in [4.69, 9.17) is 5.73 Å². The maximum Gasteiger partial charge on any atom is 0.242 e. The van der Waals surface area contributed by atoms with Crippen LogP contribution in [0.25, 0.3) is 0 Å². The lowest BCUT2D eigenvalue weighted by Gasteiger charge is -2.40. The highest BCUT2D eigenvalue weighted by molar-refractivity contribution is 5.87. The second-order valence-electron chi connectivity index (χ2n) is 10.4. The zero-order chi connectivity index (χ0) is 25.1. The summed E-state index contributed by atoms with van der Waals surface area (Å²) in [5, 5.41) is 9.42. The molecular weight excluding hydrogens is 464 g/mol. The van der Waals surface area contributed by atoms with Gasteiger partial charge in [-0.1, -0.05) is 24.3 Å². The van der Waals surface area contributed by atoms with Crippen LogP contribution in [0.4, 0.5) is 8.78 Å². The van der Waals surface area contributed by atoms with Gasteiger partial charge in [0.15, 0.2) is 0 Å². The van der Waals surface area contributed by atoms with E-state index in [9.17, 15) is 23.6 Å². The average Bonchev–Trinajstić information content (AvgIpc) is 3.19. The van der Waals surface area contributed by atoms with Gasteiger partial charge in [0.1, 0.15) is 17.7 Å². The van der Waals surface area contributed by atoms with Crippen LogP contribution in [0.2, 0.25) is 0 Å². The number of piperidine rings is 1. The summed E-state index contributed by atoms with van der Waals surface area (Å²) in [6.07, 6.45) is 2.26. The van der Waals surface area contributed by atoms with E-state index in [0.717, 1.165) is 24.0 Å². The van der Waals surface area contributed by atoms with Crippen molar-refractivity contribution in [3.05, 3.63) is 71.3 Å². The molecule has 1 aliphatic carbocycles. The van der Waals surface area contributed by atoms with Crippen LogP contribution in [0.5, 0.6) is 0 Å². The highest BCUT2D eigenvalue weighted by atomic mass is 19.1. The van der Waals surface area contributed by atoms with Gasteiger partial charge >= 0.3 is 0 Å². The Labute approximate surface area is 208 Å². The Morgan fingerprint density at radius 2 is 1.64 bits per heavy atom. The molecule has 2 aromatic carbocycles. The van der Waals surface area contributed by atoms with E-state index in [1.54, 1.807) is 29.2 Å². The smallest absolute Gasteiger partial charge is 0.242 e. The number of benzene rings is 2. The van der Waals surface area contributed by atoms with Gasteiger partial charge in [-0.2, -0.15) is 5.26 Å². The third-order valence-electron chi connectivity index (χ3n) is 8.22. The van der Waals surface area contributed by atoms with E-state index in [1.807, 2.05) is 9.80 Å². The highest BCUT2D eigenvalue weighted by Crippen LogP contribution is 2.48. The minimum atomic E-state index is -0.800. The standard InChI is InChI=1S/C27H27F2N5O2/c28-18-5-1-15(2-6-18)25(16-3-7-19(29)8-4-16)34-21-11-24(27(34)36)32(13-21)14-22(31)26(35)33-20(12-30)9-17-10-23(17)33/h1-8,17,20-25H,9-11,13-14,31H2/t17?,20-,21+,22-,23-,24+/m0/s1. The Morgan fingerprint density at radius 3 is 2.19 bits per heavy atom. The van der Waals surface area contributed by atoms with E-state index in [0.29, 0.717) is 18.9 Å². The topological polar surface area (TPSA) is 93.7 Å². The van der Waals surface area contributed by atoms with Crippen molar-refractivity contribution in [1.82, 2.24) is 14.7 Å². The fraction of sp³-hybridized carbons (Fsp3) is 0.444. The van der Waals surface area contributed by atoms with E-state index in [1.165, 1.54) is 24.3 Å². The third-order valence-corrected chi connectivity index (χ3v) is 8.22. The molecule has 4 aliphatic rings. The first-order valence-corrected chi connectivity index (χ1v) is 12.4. The van der Waals surface area contributed by atoms with Gasteiger partial charge in [-0.25, -0.2) is 8.78 Å². The molecule has 1 saturated carbocycles. The third kappa shape index (κ3) is 3.76. The minimum absolute atomic E-state index is 0.0807. The maximum absolute atomic E-state index is 13.6. The Hall–Kier alpha value is -3.35. The number of fused-ring (bicyclic) bond motifs is 3. The van der Waals surface area contributed by atoms with Crippen LogP contribution in [0.3, 0.4) is 0 Å². The summed E-state index contributed by atoms with van der Waals surface area (Å²) in [5.41, 5.74) is 7.81. The number of carbonyl (C=O) groups excluding carboxylic acids is 2. The molecule has 3 aliphatic heterocycles. The molecule has 2 amide bonds. The van der Waals surface area contributed by atoms with Crippen LogP contribution in [0.1, 0.15) is 36.4 Å². The molecule has 3 saturated heterocycles. The molecule has 4 fully saturated rings. The molecule has 2 aromatic rings. The maximum atomic E-state index is 13.6. The predicted octanol–water partition coefficient (Wildman–Crippen LogP) is 2.18. The Morgan fingerprint density at radius 1 is 1.03 bits per heavy atom. The Balaban J connectivity index is 1.20. The van der Waals surface area contributed by atoms with Gasteiger partial charge in [0.05, 0.1) is 24.2 Å². The molecule has 36 heavy (non-hydrogen) atoms. The largest absolute Gasteiger partial charge is 0.326 e. The van der Waals surface area contributed by atoms with E-state index >= 15 is 0 Å². The van der Waals surface area contributed by atoms with Crippen LogP contribution >= 0.6 is 0 Å². The highest BCUT2D eigenvalue weighted by Gasteiger charge is 2.56. The number of amides is 2. The molecule has 0 radical (unpaired) electrons. The van der Waals surface area contributed by atoms with Crippen LogP contribution in [-0.4, -0.2) is 69.8 Å². The number of nitrogens with two attached hydrogens (primary N) is 1. The summed E-state index contributed by atoms with van der Waals surface area (Å²) < 4.78 is 27.3. The molecule has 2 bridgehead atoms. The fourth-order valence-corrected chi connectivity index (χ4v) is 6.44. The minimum Gasteiger partial charge on any atom is -0.326 e. The number of nitrogens with zero attached hydrogens (tertiary/aromatic N) is 4. The summed E-state index contributed by atoms with van der Waals surface area (Å²) in [5.74, 6) is -0.620. The summed E-state index contributed by atoms with van der Waals surface area (Å²) in [6, 6.07) is 12.2. The van der Waals surface area contributed by atoms with Crippen LogP contribution in [-0.2, 0) is 9.59 Å². The first-order valence-electron chi connectivity index (χ1n) is 12.4. The van der Waals surface area contributed by atoms with Gasteiger partial charge in [0.2, 0.25) is 11.8 Å². The van der Waals surface area contributed by atoms with Crippen molar-refractivity contribution in [2.24, 2.45) is 11.7 Å².